The van der Waals surface area contributed by atoms with Gasteiger partial charge < -0.3 is 14.2 Å². The summed E-state index contributed by atoms with van der Waals surface area (Å²) in [5.74, 6) is 0.485. The number of carbonyl (C=O) groups is 2. The maximum absolute atomic E-state index is 13.3. The van der Waals surface area contributed by atoms with Gasteiger partial charge in [-0.25, -0.2) is 4.90 Å². The van der Waals surface area contributed by atoms with Crippen LogP contribution in [0.25, 0.3) is 6.08 Å². The Bertz CT molecular complexity index is 919. The van der Waals surface area contributed by atoms with Crippen LogP contribution < -0.4 is 19.1 Å². The molecule has 0 radical (unpaired) electrons. The van der Waals surface area contributed by atoms with Gasteiger partial charge in [-0.05, 0) is 32.0 Å². The van der Waals surface area contributed by atoms with Crippen LogP contribution in [0.4, 0.5) is 5.69 Å². The van der Waals surface area contributed by atoms with Gasteiger partial charge in [0.15, 0.2) is 11.9 Å². The lowest BCUT2D eigenvalue weighted by Crippen LogP contribution is -2.48. The Labute approximate surface area is 158 Å². The Morgan fingerprint density at radius 3 is 2.63 bits per heavy atom. The number of allylic oxidation sites excluding steroid dienone is 1. The van der Waals surface area contributed by atoms with Crippen molar-refractivity contribution in [3.63, 3.8) is 0 Å². The second-order valence-corrected chi connectivity index (χ2v) is 6.00. The highest BCUT2D eigenvalue weighted by atomic mass is 16.5. The molecule has 1 aliphatic heterocycles. The number of amides is 2. The molecule has 27 heavy (non-hydrogen) atoms. The quantitative estimate of drug-likeness (QED) is 0.771. The monoisotopic (exact) mass is 367 g/mol. The van der Waals surface area contributed by atoms with E-state index in [2.05, 4.69) is 0 Å². The fourth-order valence-electron chi connectivity index (χ4n) is 2.99. The lowest BCUT2D eigenvalue weighted by molar-refractivity contribution is -0.124. The Morgan fingerprint density at radius 2 is 1.96 bits per heavy atom. The summed E-state index contributed by atoms with van der Waals surface area (Å²) in [7, 11) is 3.00. The molecule has 1 atom stereocenters. The van der Waals surface area contributed by atoms with E-state index in [1.54, 1.807) is 37.3 Å². The third kappa shape index (κ3) is 3.26. The topological polar surface area (TPSA) is 65.1 Å². The lowest BCUT2D eigenvalue weighted by Gasteiger charge is -2.32. The van der Waals surface area contributed by atoms with Crippen molar-refractivity contribution in [2.24, 2.45) is 0 Å². The molecule has 1 aliphatic rings. The van der Waals surface area contributed by atoms with Crippen LogP contribution in [0.1, 0.15) is 29.8 Å². The van der Waals surface area contributed by atoms with Crippen LogP contribution >= 0.6 is 0 Å². The van der Waals surface area contributed by atoms with Gasteiger partial charge >= 0.3 is 0 Å². The van der Waals surface area contributed by atoms with E-state index in [0.29, 0.717) is 22.9 Å². The Balaban J connectivity index is 2.13. The standard InChI is InChI=1S/C21H21NO5/c1-5-7-14-8-6-9-17-19(14)27-13(2)20(23)22(17)21(24)16-11-10-15(25-3)12-18(16)26-4/h5-13H,1-4H3/b7-5-. The molecule has 2 aromatic rings. The second kappa shape index (κ2) is 7.53. The summed E-state index contributed by atoms with van der Waals surface area (Å²) < 4.78 is 16.3. The highest BCUT2D eigenvalue weighted by Crippen LogP contribution is 2.39. The maximum Gasteiger partial charge on any atom is 0.274 e. The van der Waals surface area contributed by atoms with Gasteiger partial charge in [0, 0.05) is 11.6 Å². The van der Waals surface area contributed by atoms with Crippen LogP contribution in [0.5, 0.6) is 17.2 Å². The number of nitrogens with zero attached hydrogens (tertiary/aromatic N) is 1. The zero-order valence-electron chi connectivity index (χ0n) is 15.7. The molecule has 0 aliphatic carbocycles. The molecule has 3 rings (SSSR count). The molecule has 6 nitrogen and oxygen atoms in total. The number of anilines is 1. The van der Waals surface area contributed by atoms with E-state index in [9.17, 15) is 9.59 Å². The molecule has 6 heteroatoms. The van der Waals surface area contributed by atoms with Crippen molar-refractivity contribution in [2.75, 3.05) is 19.1 Å². The van der Waals surface area contributed by atoms with E-state index < -0.39 is 17.9 Å². The van der Waals surface area contributed by atoms with Crippen LogP contribution in [0.15, 0.2) is 42.5 Å². The summed E-state index contributed by atoms with van der Waals surface area (Å²) >= 11 is 0. The van der Waals surface area contributed by atoms with Crippen LogP contribution in [-0.4, -0.2) is 32.1 Å². The number of ether oxygens (including phenoxy) is 3. The number of hydrogen-bond donors (Lipinski definition) is 0. The molecule has 0 fully saturated rings. The number of methoxy groups -OCH3 is 2. The molecule has 1 unspecified atom stereocenters. The van der Waals surface area contributed by atoms with Gasteiger partial charge in [-0.15, -0.1) is 0 Å². The SMILES string of the molecule is C/C=C\c1cccc2c1OC(C)C(=O)N2C(=O)c1ccc(OC)cc1OC. The largest absolute Gasteiger partial charge is 0.497 e. The van der Waals surface area contributed by atoms with E-state index >= 15 is 0 Å². The lowest BCUT2D eigenvalue weighted by atomic mass is 10.1. The minimum absolute atomic E-state index is 0.267. The third-order valence-corrected chi connectivity index (χ3v) is 4.32. The van der Waals surface area contributed by atoms with Crippen molar-refractivity contribution in [1.82, 2.24) is 0 Å². The number of benzene rings is 2. The molecule has 0 N–H and O–H groups in total. The van der Waals surface area contributed by atoms with Crippen molar-refractivity contribution in [3.8, 4) is 17.2 Å². The number of para-hydroxylation sites is 1. The minimum Gasteiger partial charge on any atom is -0.497 e. The number of fused-ring (bicyclic) bond motifs is 1. The molecule has 0 bridgehead atoms. The van der Waals surface area contributed by atoms with Gasteiger partial charge in [0.05, 0.1) is 25.5 Å². The number of carbonyl (C=O) groups excluding carboxylic acids is 2. The van der Waals surface area contributed by atoms with Gasteiger partial charge in [-0.2, -0.15) is 0 Å². The summed E-state index contributed by atoms with van der Waals surface area (Å²) in [6.45, 7) is 3.52. The third-order valence-electron chi connectivity index (χ3n) is 4.32. The first-order valence-electron chi connectivity index (χ1n) is 8.54. The Morgan fingerprint density at radius 1 is 1.19 bits per heavy atom. The van der Waals surface area contributed by atoms with E-state index in [4.69, 9.17) is 14.2 Å². The zero-order chi connectivity index (χ0) is 19.6. The Kier molecular flexibility index (Phi) is 5.16. The number of hydrogen-bond acceptors (Lipinski definition) is 5. The van der Waals surface area contributed by atoms with Crippen molar-refractivity contribution >= 4 is 23.6 Å². The van der Waals surface area contributed by atoms with Gasteiger partial charge in [0.25, 0.3) is 11.8 Å². The molecular weight excluding hydrogens is 346 g/mol. The number of imide groups is 1. The van der Waals surface area contributed by atoms with Gasteiger partial charge in [-0.3, -0.25) is 9.59 Å². The summed E-state index contributed by atoms with van der Waals surface area (Å²) in [4.78, 5) is 27.2. The van der Waals surface area contributed by atoms with Gasteiger partial charge in [0.1, 0.15) is 11.5 Å². The summed E-state index contributed by atoms with van der Waals surface area (Å²) in [6.07, 6.45) is 2.97. The van der Waals surface area contributed by atoms with E-state index in [0.717, 1.165) is 10.5 Å². The summed E-state index contributed by atoms with van der Waals surface area (Å²) in [5, 5.41) is 0. The van der Waals surface area contributed by atoms with Gasteiger partial charge in [-0.1, -0.05) is 24.3 Å². The van der Waals surface area contributed by atoms with E-state index in [-0.39, 0.29) is 5.56 Å². The highest BCUT2D eigenvalue weighted by Gasteiger charge is 2.38. The van der Waals surface area contributed by atoms with Crippen LogP contribution in [0.3, 0.4) is 0 Å². The van der Waals surface area contributed by atoms with Crippen molar-refractivity contribution < 1.29 is 23.8 Å². The first kappa shape index (κ1) is 18.5. The average Bonchev–Trinajstić information content (AvgIpc) is 2.68. The normalized spacial score (nSPS) is 16.1. The van der Waals surface area contributed by atoms with Gasteiger partial charge in [0.2, 0.25) is 0 Å². The Hall–Kier alpha value is -3.28. The molecule has 2 aromatic carbocycles. The molecule has 0 saturated carbocycles. The second-order valence-electron chi connectivity index (χ2n) is 6.00. The van der Waals surface area contributed by atoms with Crippen LogP contribution in [0.2, 0.25) is 0 Å². The molecule has 140 valence electrons. The van der Waals surface area contributed by atoms with E-state index in [1.807, 2.05) is 25.1 Å². The predicted octanol–water partition coefficient (Wildman–Crippen LogP) is 3.69. The first-order valence-corrected chi connectivity index (χ1v) is 8.54. The minimum atomic E-state index is -0.780. The smallest absolute Gasteiger partial charge is 0.274 e. The van der Waals surface area contributed by atoms with Crippen LogP contribution in [-0.2, 0) is 4.79 Å². The van der Waals surface area contributed by atoms with Crippen LogP contribution in [0, 0.1) is 0 Å². The van der Waals surface area contributed by atoms with Crippen molar-refractivity contribution in [3.05, 3.63) is 53.6 Å². The molecule has 0 aromatic heterocycles. The predicted molar refractivity (Wildman–Crippen MR) is 103 cm³/mol. The molecular formula is C21H21NO5. The van der Waals surface area contributed by atoms with E-state index in [1.165, 1.54) is 14.2 Å². The maximum atomic E-state index is 13.3. The fourth-order valence-corrected chi connectivity index (χ4v) is 2.99. The molecule has 0 spiro atoms. The fraction of sp³-hybridized carbons (Fsp3) is 0.238. The van der Waals surface area contributed by atoms with Crippen molar-refractivity contribution in [1.29, 1.82) is 0 Å². The number of rotatable bonds is 4. The summed E-state index contributed by atoms with van der Waals surface area (Å²) in [5.41, 5.74) is 1.48. The molecule has 2 amide bonds. The van der Waals surface area contributed by atoms with Crippen molar-refractivity contribution in [2.45, 2.75) is 20.0 Å². The first-order chi connectivity index (χ1) is 13.0. The summed E-state index contributed by atoms with van der Waals surface area (Å²) in [6, 6.07) is 10.2. The zero-order valence-corrected chi connectivity index (χ0v) is 15.7. The molecule has 1 heterocycles. The molecule has 0 saturated heterocycles. The highest BCUT2D eigenvalue weighted by molar-refractivity contribution is 6.24. The average molecular weight is 367 g/mol.